The van der Waals surface area contributed by atoms with Gasteiger partial charge in [-0.25, -0.2) is 4.98 Å². The molecule has 0 unspecified atom stereocenters. The smallest absolute Gasteiger partial charge is 0.180 e. The Morgan fingerprint density at radius 2 is 2.38 bits per heavy atom. The Balaban J connectivity index is 1.93. The molecule has 2 N–H and O–H groups in total. The highest BCUT2D eigenvalue weighted by atomic mass is 32.2. The quantitative estimate of drug-likeness (QED) is 0.815. The summed E-state index contributed by atoms with van der Waals surface area (Å²) < 4.78 is 0.964. The highest BCUT2D eigenvalue weighted by Crippen LogP contribution is 2.24. The number of thiazole rings is 1. The molecule has 0 aliphatic carbocycles. The van der Waals surface area contributed by atoms with Crippen LogP contribution >= 0.6 is 34.4 Å². The number of anilines is 1. The zero-order valence-corrected chi connectivity index (χ0v) is 8.96. The molecule has 0 aromatic carbocycles. The summed E-state index contributed by atoms with van der Waals surface area (Å²) in [6, 6.07) is 0. The molecule has 68 valence electrons. The average Bonchev–Trinajstić information content (AvgIpc) is 2.71. The average molecular weight is 230 g/mol. The van der Waals surface area contributed by atoms with Crippen molar-refractivity contribution in [1.82, 2.24) is 15.2 Å². The van der Waals surface area contributed by atoms with Crippen LogP contribution in [0.2, 0.25) is 0 Å². The van der Waals surface area contributed by atoms with E-state index in [4.69, 9.17) is 5.73 Å². The van der Waals surface area contributed by atoms with E-state index in [2.05, 4.69) is 15.2 Å². The Labute approximate surface area is 87.2 Å². The van der Waals surface area contributed by atoms with Crippen molar-refractivity contribution in [3.63, 3.8) is 0 Å². The van der Waals surface area contributed by atoms with Gasteiger partial charge in [-0.05, 0) is 0 Å². The number of nitrogens with two attached hydrogens (primary N) is 1. The summed E-state index contributed by atoms with van der Waals surface area (Å²) in [7, 11) is 0. The van der Waals surface area contributed by atoms with Crippen molar-refractivity contribution in [2.45, 2.75) is 10.1 Å². The first-order valence-corrected chi connectivity index (χ1v) is 6.18. The summed E-state index contributed by atoms with van der Waals surface area (Å²) in [5.41, 5.74) is 8.22. The standard InChI is InChI=1S/C6H6N4S3/c7-5-9-4(1-11-5)2-12-6-10-8-3-13-6/h1,3H,2H2,(H2,7,9). The van der Waals surface area contributed by atoms with Gasteiger partial charge in [-0.1, -0.05) is 23.1 Å². The van der Waals surface area contributed by atoms with Crippen LogP contribution in [-0.2, 0) is 5.75 Å². The van der Waals surface area contributed by atoms with Crippen molar-refractivity contribution in [2.75, 3.05) is 5.73 Å². The summed E-state index contributed by atoms with van der Waals surface area (Å²) in [5.74, 6) is 0.808. The van der Waals surface area contributed by atoms with Crippen molar-refractivity contribution in [2.24, 2.45) is 0 Å². The molecule has 4 nitrogen and oxygen atoms in total. The predicted molar refractivity (Wildman–Crippen MR) is 56.0 cm³/mol. The summed E-state index contributed by atoms with van der Waals surface area (Å²) in [6.07, 6.45) is 0. The molecule has 0 amide bonds. The predicted octanol–water partition coefficient (Wildman–Crippen LogP) is 1.87. The minimum atomic E-state index is 0.618. The lowest BCUT2D eigenvalue weighted by Crippen LogP contribution is -1.84. The van der Waals surface area contributed by atoms with Crippen LogP contribution < -0.4 is 5.73 Å². The molecular weight excluding hydrogens is 224 g/mol. The molecule has 0 spiro atoms. The molecule has 0 aliphatic heterocycles. The first-order valence-electron chi connectivity index (χ1n) is 3.43. The highest BCUT2D eigenvalue weighted by Gasteiger charge is 2.02. The number of nitrogens with zero attached hydrogens (tertiary/aromatic N) is 3. The monoisotopic (exact) mass is 230 g/mol. The van der Waals surface area contributed by atoms with Gasteiger partial charge in [0.25, 0.3) is 0 Å². The van der Waals surface area contributed by atoms with E-state index in [9.17, 15) is 0 Å². The number of aromatic nitrogens is 3. The number of thioether (sulfide) groups is 1. The minimum absolute atomic E-state index is 0.618. The molecule has 0 saturated carbocycles. The van der Waals surface area contributed by atoms with Gasteiger partial charge in [0.2, 0.25) is 0 Å². The van der Waals surface area contributed by atoms with Gasteiger partial charge in [0, 0.05) is 11.1 Å². The molecule has 7 heteroatoms. The summed E-state index contributed by atoms with van der Waals surface area (Å²) >= 11 is 4.62. The number of hydrogen-bond acceptors (Lipinski definition) is 7. The van der Waals surface area contributed by atoms with Gasteiger partial charge in [0.05, 0.1) is 5.69 Å². The van der Waals surface area contributed by atoms with Gasteiger partial charge >= 0.3 is 0 Å². The topological polar surface area (TPSA) is 64.7 Å². The minimum Gasteiger partial charge on any atom is -0.375 e. The Kier molecular flexibility index (Phi) is 2.77. The van der Waals surface area contributed by atoms with Crippen molar-refractivity contribution in [3.8, 4) is 0 Å². The van der Waals surface area contributed by atoms with Crippen LogP contribution in [0.25, 0.3) is 0 Å². The van der Waals surface area contributed by atoms with Crippen molar-refractivity contribution < 1.29 is 0 Å². The Bertz CT molecular complexity index is 369. The van der Waals surface area contributed by atoms with Gasteiger partial charge in [-0.15, -0.1) is 21.5 Å². The fourth-order valence-corrected chi connectivity index (χ4v) is 2.80. The number of rotatable bonds is 3. The van der Waals surface area contributed by atoms with Crippen LogP contribution in [0.15, 0.2) is 15.2 Å². The second-order valence-corrected chi connectivity index (χ2v) is 5.12. The second kappa shape index (κ2) is 4.03. The van der Waals surface area contributed by atoms with Crippen molar-refractivity contribution in [1.29, 1.82) is 0 Å². The van der Waals surface area contributed by atoms with Gasteiger partial charge in [-0.3, -0.25) is 0 Å². The summed E-state index contributed by atoms with van der Waals surface area (Å²) in [6.45, 7) is 0. The fourth-order valence-electron chi connectivity index (χ4n) is 0.750. The maximum Gasteiger partial charge on any atom is 0.180 e. The van der Waals surface area contributed by atoms with E-state index in [-0.39, 0.29) is 0 Å². The van der Waals surface area contributed by atoms with E-state index < -0.39 is 0 Å². The Hall–Kier alpha value is -0.660. The molecule has 2 rings (SSSR count). The van der Waals surface area contributed by atoms with Crippen molar-refractivity contribution in [3.05, 3.63) is 16.6 Å². The molecule has 0 fully saturated rings. The zero-order chi connectivity index (χ0) is 9.10. The molecule has 0 radical (unpaired) electrons. The van der Waals surface area contributed by atoms with E-state index in [0.717, 1.165) is 15.8 Å². The van der Waals surface area contributed by atoms with E-state index >= 15 is 0 Å². The van der Waals surface area contributed by atoms with Crippen LogP contribution in [0.5, 0.6) is 0 Å². The highest BCUT2D eigenvalue weighted by molar-refractivity contribution is 8.00. The van der Waals surface area contributed by atoms with E-state index in [1.54, 1.807) is 17.3 Å². The van der Waals surface area contributed by atoms with Crippen LogP contribution in [-0.4, -0.2) is 15.2 Å². The number of hydrogen-bond donors (Lipinski definition) is 1. The Morgan fingerprint density at radius 1 is 1.46 bits per heavy atom. The largest absolute Gasteiger partial charge is 0.375 e. The molecule has 2 aromatic rings. The third kappa shape index (κ3) is 2.39. The first-order chi connectivity index (χ1) is 6.34. The molecule has 2 heterocycles. The molecule has 0 saturated heterocycles. The number of nitrogen functional groups attached to an aromatic ring is 1. The van der Waals surface area contributed by atoms with Crippen LogP contribution in [0.4, 0.5) is 5.13 Å². The Morgan fingerprint density at radius 3 is 3.00 bits per heavy atom. The normalized spacial score (nSPS) is 10.5. The third-order valence-corrected chi connectivity index (χ3v) is 3.87. The maximum atomic E-state index is 5.50. The first kappa shape index (κ1) is 8.92. The molecule has 0 bridgehead atoms. The zero-order valence-electron chi connectivity index (χ0n) is 6.51. The van der Waals surface area contributed by atoms with Crippen LogP contribution in [0.1, 0.15) is 5.69 Å². The van der Waals surface area contributed by atoms with Gasteiger partial charge in [0.1, 0.15) is 5.51 Å². The van der Waals surface area contributed by atoms with E-state index in [0.29, 0.717) is 5.13 Å². The van der Waals surface area contributed by atoms with Gasteiger partial charge in [-0.2, -0.15) is 0 Å². The molecule has 0 aliphatic rings. The maximum absolute atomic E-state index is 5.50. The van der Waals surface area contributed by atoms with Crippen molar-refractivity contribution >= 4 is 39.6 Å². The molecule has 2 aromatic heterocycles. The van der Waals surface area contributed by atoms with E-state index in [1.165, 1.54) is 22.7 Å². The molecular formula is C6H6N4S3. The lowest BCUT2D eigenvalue weighted by Gasteiger charge is -1.90. The third-order valence-electron chi connectivity index (χ3n) is 1.25. The molecule has 13 heavy (non-hydrogen) atoms. The van der Waals surface area contributed by atoms with Gasteiger partial charge < -0.3 is 5.73 Å². The second-order valence-electron chi connectivity index (χ2n) is 2.17. The summed E-state index contributed by atoms with van der Waals surface area (Å²) in [5, 5.41) is 10.2. The SMILES string of the molecule is Nc1nc(CSc2nncs2)cs1. The lowest BCUT2D eigenvalue weighted by atomic mass is 10.6. The van der Waals surface area contributed by atoms with Crippen LogP contribution in [0.3, 0.4) is 0 Å². The van der Waals surface area contributed by atoms with Gasteiger partial charge in [0.15, 0.2) is 9.47 Å². The fraction of sp³-hybridized carbons (Fsp3) is 0.167. The summed E-state index contributed by atoms with van der Waals surface area (Å²) in [4.78, 5) is 4.14. The lowest BCUT2D eigenvalue weighted by molar-refractivity contribution is 1.01. The van der Waals surface area contributed by atoms with E-state index in [1.807, 2.05) is 5.38 Å². The molecule has 0 atom stereocenters. The van der Waals surface area contributed by atoms with Crippen LogP contribution in [0, 0.1) is 0 Å².